The van der Waals surface area contributed by atoms with Gasteiger partial charge in [0.1, 0.15) is 9.72 Å². The Labute approximate surface area is 86.9 Å². The van der Waals surface area contributed by atoms with Gasteiger partial charge in [-0.25, -0.2) is 0 Å². The topological polar surface area (TPSA) is 43.1 Å². The molecule has 0 aliphatic rings. The zero-order valence-electron chi connectivity index (χ0n) is 6.66. The molecule has 3 nitrogen and oxygen atoms in total. The molecule has 0 aliphatic carbocycles. The van der Waals surface area contributed by atoms with E-state index in [2.05, 4.69) is 0 Å². The van der Waals surface area contributed by atoms with Crippen molar-refractivity contribution in [3.63, 3.8) is 0 Å². The third kappa shape index (κ3) is 1.34. The lowest BCUT2D eigenvalue weighted by Gasteiger charge is -1.95. The smallest absolute Gasteiger partial charge is 0.258 e. The standard InChI is InChI=1S/C8H3ClFNO2S/c9-5-2-1-4-3-6(10)14-8(4)7(5)11(12)13/h1-3H. The minimum Gasteiger partial charge on any atom is -0.258 e. The Kier molecular flexibility index (Phi) is 2.13. The van der Waals surface area contributed by atoms with Gasteiger partial charge >= 0.3 is 5.69 Å². The molecule has 2 aromatic rings. The first kappa shape index (κ1) is 9.36. The third-order valence-electron chi connectivity index (χ3n) is 1.76. The van der Waals surface area contributed by atoms with Crippen LogP contribution >= 0.6 is 22.9 Å². The highest BCUT2D eigenvalue weighted by molar-refractivity contribution is 7.18. The lowest BCUT2D eigenvalue weighted by molar-refractivity contribution is -0.382. The monoisotopic (exact) mass is 231 g/mol. The number of nitrogens with zero attached hydrogens (tertiary/aromatic N) is 1. The van der Waals surface area contributed by atoms with Crippen molar-refractivity contribution in [2.24, 2.45) is 0 Å². The van der Waals surface area contributed by atoms with Crippen LogP contribution in [0.3, 0.4) is 0 Å². The Morgan fingerprint density at radius 3 is 2.86 bits per heavy atom. The van der Waals surface area contributed by atoms with Crippen molar-refractivity contribution in [3.05, 3.63) is 38.5 Å². The molecule has 0 N–H and O–H groups in total. The second kappa shape index (κ2) is 3.18. The lowest BCUT2D eigenvalue weighted by atomic mass is 10.2. The fraction of sp³-hybridized carbons (Fsp3) is 0. The molecule has 0 fully saturated rings. The van der Waals surface area contributed by atoms with Crippen LogP contribution in [-0.4, -0.2) is 4.92 Å². The number of halogens is 2. The van der Waals surface area contributed by atoms with Crippen molar-refractivity contribution >= 4 is 38.7 Å². The SMILES string of the molecule is O=[N+]([O-])c1c(Cl)ccc2cc(F)sc12. The molecule has 14 heavy (non-hydrogen) atoms. The zero-order valence-corrected chi connectivity index (χ0v) is 8.23. The first-order chi connectivity index (χ1) is 6.59. The van der Waals surface area contributed by atoms with Gasteiger partial charge in [-0.2, -0.15) is 4.39 Å². The average Bonchev–Trinajstić information content (AvgIpc) is 2.43. The Hall–Kier alpha value is -1.20. The molecule has 72 valence electrons. The van der Waals surface area contributed by atoms with Gasteiger partial charge in [0.05, 0.1) is 4.92 Å². The summed E-state index contributed by atoms with van der Waals surface area (Å²) in [6, 6.07) is 4.21. The average molecular weight is 232 g/mol. The quantitative estimate of drug-likeness (QED) is 0.556. The highest BCUT2D eigenvalue weighted by atomic mass is 35.5. The zero-order chi connectivity index (χ0) is 10.3. The Morgan fingerprint density at radius 2 is 2.21 bits per heavy atom. The van der Waals surface area contributed by atoms with E-state index in [9.17, 15) is 14.5 Å². The van der Waals surface area contributed by atoms with Crippen LogP contribution in [0.25, 0.3) is 10.1 Å². The molecule has 0 radical (unpaired) electrons. The summed E-state index contributed by atoms with van der Waals surface area (Å²) in [5.41, 5.74) is -0.224. The molecule has 1 heterocycles. The number of hydrogen-bond acceptors (Lipinski definition) is 3. The molecule has 2 rings (SSSR count). The molecule has 0 aliphatic heterocycles. The van der Waals surface area contributed by atoms with Crippen molar-refractivity contribution in [2.75, 3.05) is 0 Å². The fourth-order valence-electron chi connectivity index (χ4n) is 1.20. The van der Waals surface area contributed by atoms with E-state index in [4.69, 9.17) is 11.6 Å². The van der Waals surface area contributed by atoms with E-state index < -0.39 is 10.1 Å². The molecule has 0 bridgehead atoms. The van der Waals surface area contributed by atoms with E-state index in [1.807, 2.05) is 0 Å². The van der Waals surface area contributed by atoms with Crippen LogP contribution in [-0.2, 0) is 0 Å². The molecule has 1 aromatic heterocycles. The maximum atomic E-state index is 12.8. The summed E-state index contributed by atoms with van der Waals surface area (Å²) < 4.78 is 13.1. The van der Waals surface area contributed by atoms with E-state index in [0.29, 0.717) is 5.39 Å². The second-order valence-corrected chi connectivity index (χ2v) is 4.03. The fourth-order valence-corrected chi connectivity index (χ4v) is 2.39. The number of hydrogen-bond donors (Lipinski definition) is 0. The Morgan fingerprint density at radius 1 is 1.50 bits per heavy atom. The van der Waals surface area contributed by atoms with E-state index in [-0.39, 0.29) is 15.4 Å². The predicted octanol–water partition coefficient (Wildman–Crippen LogP) is 3.60. The van der Waals surface area contributed by atoms with Crippen LogP contribution in [0.2, 0.25) is 5.02 Å². The molecule has 0 spiro atoms. The lowest BCUT2D eigenvalue weighted by Crippen LogP contribution is -1.88. The molecule has 0 saturated heterocycles. The first-order valence-electron chi connectivity index (χ1n) is 3.61. The maximum Gasteiger partial charge on any atom is 0.305 e. The number of benzene rings is 1. The van der Waals surface area contributed by atoms with Crippen LogP contribution in [0.1, 0.15) is 0 Å². The van der Waals surface area contributed by atoms with E-state index in [1.54, 1.807) is 6.07 Å². The summed E-state index contributed by atoms with van der Waals surface area (Å²) in [4.78, 5) is 10.1. The van der Waals surface area contributed by atoms with Crippen LogP contribution in [0, 0.1) is 15.2 Å². The Bertz CT molecular complexity index is 525. The van der Waals surface area contributed by atoms with Crippen LogP contribution in [0.15, 0.2) is 18.2 Å². The summed E-state index contributed by atoms with van der Waals surface area (Å²) in [5.74, 6) is 0. The summed E-state index contributed by atoms with van der Waals surface area (Å²) >= 11 is 6.38. The highest BCUT2D eigenvalue weighted by Gasteiger charge is 2.19. The van der Waals surface area contributed by atoms with E-state index >= 15 is 0 Å². The Balaban J connectivity index is 2.88. The minimum absolute atomic E-state index is 0.0318. The highest BCUT2D eigenvalue weighted by Crippen LogP contribution is 2.37. The summed E-state index contributed by atoms with van der Waals surface area (Å²) in [6.45, 7) is 0. The molecular formula is C8H3ClFNO2S. The van der Waals surface area contributed by atoms with Crippen molar-refractivity contribution in [1.82, 2.24) is 0 Å². The molecule has 0 saturated carbocycles. The molecule has 0 atom stereocenters. The van der Waals surface area contributed by atoms with Crippen molar-refractivity contribution in [1.29, 1.82) is 0 Å². The van der Waals surface area contributed by atoms with Gasteiger partial charge in [-0.05, 0) is 12.1 Å². The van der Waals surface area contributed by atoms with Crippen molar-refractivity contribution in [2.45, 2.75) is 0 Å². The number of nitro benzene ring substituents is 1. The number of rotatable bonds is 1. The molecule has 0 unspecified atom stereocenters. The summed E-state index contributed by atoms with van der Waals surface area (Å²) in [6.07, 6.45) is 0. The predicted molar refractivity (Wildman–Crippen MR) is 53.4 cm³/mol. The second-order valence-electron chi connectivity index (χ2n) is 2.62. The maximum absolute atomic E-state index is 12.8. The van der Waals surface area contributed by atoms with Crippen LogP contribution in [0.5, 0.6) is 0 Å². The first-order valence-corrected chi connectivity index (χ1v) is 4.81. The van der Waals surface area contributed by atoms with Gasteiger partial charge in [0.15, 0.2) is 5.13 Å². The van der Waals surface area contributed by atoms with Gasteiger partial charge < -0.3 is 0 Å². The van der Waals surface area contributed by atoms with Crippen molar-refractivity contribution < 1.29 is 9.31 Å². The normalized spacial score (nSPS) is 10.7. The number of fused-ring (bicyclic) bond motifs is 1. The minimum atomic E-state index is -0.597. The van der Waals surface area contributed by atoms with Gasteiger partial charge in [-0.1, -0.05) is 29.0 Å². The number of nitro groups is 1. The number of thiophene rings is 1. The summed E-state index contributed by atoms with van der Waals surface area (Å²) in [7, 11) is 0. The molecular weight excluding hydrogens is 229 g/mol. The summed E-state index contributed by atoms with van der Waals surface area (Å²) in [5, 5.41) is 10.7. The van der Waals surface area contributed by atoms with Gasteiger partial charge in [0.2, 0.25) is 0 Å². The van der Waals surface area contributed by atoms with E-state index in [0.717, 1.165) is 11.3 Å². The van der Waals surface area contributed by atoms with Crippen LogP contribution in [0.4, 0.5) is 10.1 Å². The van der Waals surface area contributed by atoms with Crippen LogP contribution < -0.4 is 0 Å². The molecule has 1 aromatic carbocycles. The van der Waals surface area contributed by atoms with Gasteiger partial charge in [0, 0.05) is 5.39 Å². The van der Waals surface area contributed by atoms with Gasteiger partial charge in [0.25, 0.3) is 0 Å². The van der Waals surface area contributed by atoms with E-state index in [1.165, 1.54) is 12.1 Å². The third-order valence-corrected chi connectivity index (χ3v) is 3.01. The molecule has 0 amide bonds. The van der Waals surface area contributed by atoms with Gasteiger partial charge in [-0.3, -0.25) is 10.1 Å². The molecule has 6 heteroatoms. The van der Waals surface area contributed by atoms with Crippen molar-refractivity contribution in [3.8, 4) is 0 Å². The largest absolute Gasteiger partial charge is 0.305 e. The van der Waals surface area contributed by atoms with Gasteiger partial charge in [-0.15, -0.1) is 0 Å².